The van der Waals surface area contributed by atoms with Crippen LogP contribution in [-0.4, -0.2) is 30.5 Å². The van der Waals surface area contributed by atoms with Crippen molar-refractivity contribution in [3.63, 3.8) is 0 Å². The van der Waals surface area contributed by atoms with Crippen LogP contribution in [0.25, 0.3) is 0 Å². The van der Waals surface area contributed by atoms with Crippen molar-refractivity contribution in [1.82, 2.24) is 0 Å². The largest absolute Gasteiger partial charge is 1.00 e. The van der Waals surface area contributed by atoms with Crippen LogP contribution in [0, 0.1) is 6.92 Å². The molecule has 0 unspecified atom stereocenters. The van der Waals surface area contributed by atoms with Gasteiger partial charge in [-0.1, -0.05) is 17.7 Å². The zero-order valence-corrected chi connectivity index (χ0v) is 18.6. The molecular formula is C7H7Na3O7S2. The summed E-state index contributed by atoms with van der Waals surface area (Å²) in [6.45, 7) is 1.82. The van der Waals surface area contributed by atoms with Gasteiger partial charge in [-0.05, 0) is 19.1 Å². The summed E-state index contributed by atoms with van der Waals surface area (Å²) in [6, 6.07) is 5.78. The molecule has 0 fully saturated rings. The summed E-state index contributed by atoms with van der Waals surface area (Å²) >= 11 is 0. The Morgan fingerprint density at radius 2 is 1.05 bits per heavy atom. The first-order valence-electron chi connectivity index (χ1n) is 3.69. The van der Waals surface area contributed by atoms with Crippen molar-refractivity contribution in [3.8, 4) is 0 Å². The van der Waals surface area contributed by atoms with Gasteiger partial charge in [0.1, 0.15) is 10.1 Å². The Kier molecular flexibility index (Phi) is 19.2. The van der Waals surface area contributed by atoms with E-state index in [4.69, 9.17) is 17.5 Å². The van der Waals surface area contributed by atoms with Crippen LogP contribution >= 0.6 is 0 Å². The summed E-state index contributed by atoms with van der Waals surface area (Å²) in [7, 11) is -9.44. The van der Waals surface area contributed by atoms with Crippen molar-refractivity contribution in [3.05, 3.63) is 29.8 Å². The summed E-state index contributed by atoms with van der Waals surface area (Å²) in [5.74, 6) is 0. The summed E-state index contributed by atoms with van der Waals surface area (Å²) in [6.07, 6.45) is 0. The third-order valence-electron chi connectivity index (χ3n) is 1.31. The van der Waals surface area contributed by atoms with Gasteiger partial charge in [0.05, 0.1) is 4.90 Å². The molecule has 0 aliphatic carbocycles. The fourth-order valence-corrected chi connectivity index (χ4v) is 1.17. The minimum atomic E-state index is -5.17. The summed E-state index contributed by atoms with van der Waals surface area (Å²) in [4.78, 5) is -0.178. The van der Waals surface area contributed by atoms with Crippen molar-refractivity contribution in [2.45, 2.75) is 11.8 Å². The summed E-state index contributed by atoms with van der Waals surface area (Å²) < 4.78 is 65.2. The van der Waals surface area contributed by atoms with Crippen molar-refractivity contribution >= 4 is 20.5 Å². The second-order valence-electron chi connectivity index (χ2n) is 2.68. The number of aryl methyl sites for hydroxylation is 1. The second-order valence-corrected chi connectivity index (χ2v) is 4.87. The van der Waals surface area contributed by atoms with Gasteiger partial charge >= 0.3 is 88.7 Å². The van der Waals surface area contributed by atoms with E-state index in [1.54, 1.807) is 12.1 Å². The molecule has 1 aromatic carbocycles. The Morgan fingerprint density at radius 1 is 0.789 bits per heavy atom. The van der Waals surface area contributed by atoms with Gasteiger partial charge in [-0.3, -0.25) is 8.42 Å². The molecule has 0 saturated heterocycles. The molecule has 1 aromatic rings. The first-order valence-corrected chi connectivity index (χ1v) is 6.43. The molecule has 12 heteroatoms. The summed E-state index contributed by atoms with van der Waals surface area (Å²) in [5, 5.41) is 0. The topological polar surface area (TPSA) is 137 Å². The predicted molar refractivity (Wildman–Crippen MR) is 49.6 cm³/mol. The zero-order valence-electron chi connectivity index (χ0n) is 11.0. The minimum absolute atomic E-state index is 0. The quantitative estimate of drug-likeness (QED) is 0.282. The number of benzene rings is 1. The molecular weight excluding hydrogens is 329 g/mol. The van der Waals surface area contributed by atoms with Crippen molar-refractivity contribution in [1.29, 1.82) is 0 Å². The van der Waals surface area contributed by atoms with E-state index in [1.165, 1.54) is 12.1 Å². The first kappa shape index (κ1) is 29.1. The molecule has 7 nitrogen and oxygen atoms in total. The first-order chi connectivity index (χ1) is 7.00. The van der Waals surface area contributed by atoms with E-state index in [9.17, 15) is 13.0 Å². The zero-order chi connectivity index (χ0) is 13.0. The number of hydrogen-bond donors (Lipinski definition) is 0. The maximum Gasteiger partial charge on any atom is 1.00 e. The van der Waals surface area contributed by atoms with E-state index < -0.39 is 20.5 Å². The standard InChI is InChI=1S/C7H8O3S.3Na.H2O4S/c1-6-2-4-7(5-3-6)11(8,9)10;;;;1-5(2,3)4/h2-5H,1H3,(H,8,9,10);;;;(H2,1,2,3,4)/q;3*+1;/p-3. The van der Waals surface area contributed by atoms with Gasteiger partial charge in [-0.15, -0.1) is 0 Å². The molecule has 0 heterocycles. The second kappa shape index (κ2) is 12.5. The van der Waals surface area contributed by atoms with Crippen LogP contribution in [0.1, 0.15) is 5.56 Å². The van der Waals surface area contributed by atoms with Crippen LogP contribution in [0.5, 0.6) is 0 Å². The Labute approximate surface area is 178 Å². The Bertz CT molecular complexity index is 531. The van der Waals surface area contributed by atoms with Crippen molar-refractivity contribution in [2.24, 2.45) is 0 Å². The maximum absolute atomic E-state index is 10.4. The fraction of sp³-hybridized carbons (Fsp3) is 0.143. The van der Waals surface area contributed by atoms with Gasteiger partial charge in [0, 0.05) is 10.4 Å². The molecule has 19 heavy (non-hydrogen) atoms. The van der Waals surface area contributed by atoms with Crippen LogP contribution < -0.4 is 88.7 Å². The monoisotopic (exact) mass is 336 g/mol. The van der Waals surface area contributed by atoms with Crippen LogP contribution in [0.2, 0.25) is 0 Å². The average Bonchev–Trinajstić information content (AvgIpc) is 1.99. The fourth-order valence-electron chi connectivity index (χ4n) is 0.705. The molecule has 0 bridgehead atoms. The van der Waals surface area contributed by atoms with Gasteiger partial charge < -0.3 is 13.7 Å². The maximum atomic E-state index is 10.4. The van der Waals surface area contributed by atoms with Crippen LogP contribution in [-0.2, 0) is 20.5 Å². The molecule has 0 aromatic heterocycles. The molecule has 0 aliphatic rings. The molecule has 0 N–H and O–H groups in total. The molecule has 92 valence electrons. The Morgan fingerprint density at radius 3 is 1.26 bits per heavy atom. The van der Waals surface area contributed by atoms with E-state index in [0.717, 1.165) is 5.56 Å². The normalized spacial score (nSPS) is 9.68. The van der Waals surface area contributed by atoms with Crippen LogP contribution in [0.3, 0.4) is 0 Å². The van der Waals surface area contributed by atoms with E-state index in [0.29, 0.717) is 0 Å². The van der Waals surface area contributed by atoms with E-state index in [1.807, 2.05) is 6.92 Å². The van der Waals surface area contributed by atoms with Crippen LogP contribution in [0.4, 0.5) is 0 Å². The van der Waals surface area contributed by atoms with Crippen LogP contribution in [0.15, 0.2) is 29.2 Å². The SMILES string of the molecule is Cc1ccc(S(=O)(=O)[O-])cc1.O=S(=O)([O-])[O-].[Na+].[Na+].[Na+]. The number of rotatable bonds is 1. The molecule has 0 aliphatic heterocycles. The van der Waals surface area contributed by atoms with E-state index in [-0.39, 0.29) is 93.6 Å². The van der Waals surface area contributed by atoms with Gasteiger partial charge in [0.15, 0.2) is 0 Å². The molecule has 0 amide bonds. The van der Waals surface area contributed by atoms with Crippen molar-refractivity contribution < 1.29 is 119 Å². The number of hydrogen-bond acceptors (Lipinski definition) is 7. The van der Waals surface area contributed by atoms with E-state index in [2.05, 4.69) is 0 Å². The van der Waals surface area contributed by atoms with Crippen molar-refractivity contribution in [2.75, 3.05) is 0 Å². The third kappa shape index (κ3) is 20.0. The van der Waals surface area contributed by atoms with E-state index >= 15 is 0 Å². The molecule has 0 radical (unpaired) electrons. The molecule has 0 saturated carbocycles. The van der Waals surface area contributed by atoms with Gasteiger partial charge in [-0.25, -0.2) is 8.42 Å². The Hall–Kier alpha value is 2.00. The molecule has 0 atom stereocenters. The average molecular weight is 336 g/mol. The van der Waals surface area contributed by atoms with Gasteiger partial charge in [0.2, 0.25) is 0 Å². The minimum Gasteiger partial charge on any atom is -0.759 e. The molecule has 1 rings (SSSR count). The summed E-state index contributed by atoms with van der Waals surface area (Å²) in [5.41, 5.74) is 0.928. The smallest absolute Gasteiger partial charge is 0.759 e. The predicted octanol–water partition coefficient (Wildman–Crippen LogP) is -9.43. The Balaban J connectivity index is -0.000000125. The molecule has 0 spiro atoms. The van der Waals surface area contributed by atoms with Gasteiger partial charge in [-0.2, -0.15) is 0 Å². The third-order valence-corrected chi connectivity index (χ3v) is 2.16. The van der Waals surface area contributed by atoms with Gasteiger partial charge in [0.25, 0.3) is 0 Å².